The van der Waals surface area contributed by atoms with Gasteiger partial charge in [-0.15, -0.1) is 23.1 Å². The fourth-order valence-corrected chi connectivity index (χ4v) is 3.93. The number of nitrogens with one attached hydrogen (secondary N) is 1. The number of thioether (sulfide) groups is 1. The Hall–Kier alpha value is -1.89. The maximum absolute atomic E-state index is 11.9. The van der Waals surface area contributed by atoms with Crippen LogP contribution in [0.5, 0.6) is 0 Å². The number of hydrogen-bond acceptors (Lipinski definition) is 5. The van der Waals surface area contributed by atoms with E-state index in [2.05, 4.69) is 15.3 Å². The molecular formula is C17H14ClN3OS2. The van der Waals surface area contributed by atoms with Crippen molar-refractivity contribution in [3.8, 4) is 11.3 Å². The molecule has 2 heterocycles. The van der Waals surface area contributed by atoms with Crippen molar-refractivity contribution >= 4 is 46.3 Å². The van der Waals surface area contributed by atoms with Crippen LogP contribution in [0.1, 0.15) is 5.01 Å². The molecule has 24 heavy (non-hydrogen) atoms. The van der Waals surface area contributed by atoms with Crippen LogP contribution in [0.2, 0.25) is 5.02 Å². The summed E-state index contributed by atoms with van der Waals surface area (Å²) in [5.41, 5.74) is 2.71. The minimum atomic E-state index is -0.0480. The third kappa shape index (κ3) is 4.80. The van der Waals surface area contributed by atoms with Crippen LogP contribution >= 0.6 is 34.7 Å². The standard InChI is InChI=1S/C17H14ClN3OS2/c18-13-2-1-3-14(8-13)20-16(22)10-23-11-17-21-15(9-24-17)12-4-6-19-7-5-12/h1-9H,10-11H2,(H,20,22). The summed E-state index contributed by atoms with van der Waals surface area (Å²) in [7, 11) is 0. The number of nitrogens with zero attached hydrogens (tertiary/aromatic N) is 2. The van der Waals surface area contributed by atoms with Gasteiger partial charge in [0.05, 0.1) is 11.4 Å². The third-order valence-electron chi connectivity index (χ3n) is 3.09. The second kappa shape index (κ2) is 8.28. The van der Waals surface area contributed by atoms with E-state index in [1.165, 1.54) is 11.8 Å². The maximum Gasteiger partial charge on any atom is 0.234 e. The number of anilines is 1. The molecular weight excluding hydrogens is 362 g/mol. The number of rotatable bonds is 6. The number of hydrogen-bond donors (Lipinski definition) is 1. The Bertz CT molecular complexity index is 823. The lowest BCUT2D eigenvalue weighted by Gasteiger charge is -2.04. The first-order valence-corrected chi connectivity index (χ1v) is 9.60. The van der Waals surface area contributed by atoms with Gasteiger partial charge >= 0.3 is 0 Å². The smallest absolute Gasteiger partial charge is 0.234 e. The lowest BCUT2D eigenvalue weighted by Crippen LogP contribution is -2.14. The van der Waals surface area contributed by atoms with Gasteiger partial charge in [-0.2, -0.15) is 0 Å². The first kappa shape index (κ1) is 17.0. The number of carbonyl (C=O) groups excluding carboxylic acids is 1. The fourth-order valence-electron chi connectivity index (χ4n) is 2.03. The predicted molar refractivity (Wildman–Crippen MR) is 102 cm³/mol. The largest absolute Gasteiger partial charge is 0.325 e. The zero-order valence-corrected chi connectivity index (χ0v) is 15.0. The van der Waals surface area contributed by atoms with Crippen LogP contribution in [0, 0.1) is 0 Å². The monoisotopic (exact) mass is 375 g/mol. The molecule has 0 aliphatic heterocycles. The molecule has 122 valence electrons. The highest BCUT2D eigenvalue weighted by molar-refractivity contribution is 7.99. The third-order valence-corrected chi connectivity index (χ3v) is 5.31. The minimum absolute atomic E-state index is 0.0480. The van der Waals surface area contributed by atoms with Crippen molar-refractivity contribution in [1.29, 1.82) is 0 Å². The second-order valence-electron chi connectivity index (χ2n) is 4.91. The molecule has 4 nitrogen and oxygen atoms in total. The zero-order valence-electron chi connectivity index (χ0n) is 12.6. The van der Waals surface area contributed by atoms with Gasteiger partial charge in [0, 0.05) is 39.8 Å². The van der Waals surface area contributed by atoms with Gasteiger partial charge in [-0.1, -0.05) is 17.7 Å². The summed E-state index contributed by atoms with van der Waals surface area (Å²) < 4.78 is 0. The van der Waals surface area contributed by atoms with E-state index in [9.17, 15) is 4.79 Å². The first-order valence-electron chi connectivity index (χ1n) is 7.19. The van der Waals surface area contributed by atoms with Crippen LogP contribution in [0.25, 0.3) is 11.3 Å². The first-order chi connectivity index (χ1) is 11.7. The van der Waals surface area contributed by atoms with Gasteiger partial charge in [0.15, 0.2) is 0 Å². The van der Waals surface area contributed by atoms with E-state index < -0.39 is 0 Å². The second-order valence-corrected chi connectivity index (χ2v) is 7.28. The average molecular weight is 376 g/mol. The van der Waals surface area contributed by atoms with E-state index in [-0.39, 0.29) is 5.91 Å². The molecule has 1 amide bonds. The highest BCUT2D eigenvalue weighted by atomic mass is 35.5. The van der Waals surface area contributed by atoms with E-state index in [0.29, 0.717) is 22.2 Å². The molecule has 0 spiro atoms. The Balaban J connectivity index is 1.48. The van der Waals surface area contributed by atoms with Gasteiger partial charge in [0.2, 0.25) is 5.91 Å². The normalized spacial score (nSPS) is 10.5. The number of benzene rings is 1. The van der Waals surface area contributed by atoms with Crippen molar-refractivity contribution in [1.82, 2.24) is 9.97 Å². The Labute approximate surface area is 153 Å². The molecule has 0 unspecified atom stereocenters. The summed E-state index contributed by atoms with van der Waals surface area (Å²) in [6.07, 6.45) is 3.51. The number of halogens is 1. The van der Waals surface area contributed by atoms with Gasteiger partial charge < -0.3 is 5.32 Å². The molecule has 7 heteroatoms. The minimum Gasteiger partial charge on any atom is -0.325 e. The van der Waals surface area contributed by atoms with Crippen molar-refractivity contribution in [2.75, 3.05) is 11.1 Å². The van der Waals surface area contributed by atoms with Crippen LogP contribution in [-0.2, 0) is 10.5 Å². The highest BCUT2D eigenvalue weighted by Crippen LogP contribution is 2.24. The molecule has 1 aromatic carbocycles. The predicted octanol–water partition coefficient (Wildman–Crippen LogP) is 4.73. The van der Waals surface area contributed by atoms with E-state index in [0.717, 1.165) is 16.3 Å². The Morgan fingerprint density at radius 1 is 1.25 bits per heavy atom. The molecule has 1 N–H and O–H groups in total. The van der Waals surface area contributed by atoms with Gasteiger partial charge in [0.25, 0.3) is 0 Å². The zero-order chi connectivity index (χ0) is 16.8. The molecule has 0 radical (unpaired) electrons. The van der Waals surface area contributed by atoms with E-state index in [1.54, 1.807) is 41.9 Å². The topological polar surface area (TPSA) is 54.9 Å². The number of pyridine rings is 1. The Morgan fingerprint density at radius 3 is 2.88 bits per heavy atom. The molecule has 2 aromatic heterocycles. The van der Waals surface area contributed by atoms with E-state index >= 15 is 0 Å². The van der Waals surface area contributed by atoms with Crippen molar-refractivity contribution < 1.29 is 4.79 Å². The molecule has 0 bridgehead atoms. The van der Waals surface area contributed by atoms with Crippen LogP contribution in [0.3, 0.4) is 0 Å². The summed E-state index contributed by atoms with van der Waals surface area (Å²) >= 11 is 9.04. The van der Waals surface area contributed by atoms with E-state index in [1.807, 2.05) is 23.6 Å². The van der Waals surface area contributed by atoms with E-state index in [4.69, 9.17) is 11.6 Å². The molecule has 3 rings (SSSR count). The average Bonchev–Trinajstić information content (AvgIpc) is 3.04. The number of thiazole rings is 1. The number of carbonyl (C=O) groups is 1. The summed E-state index contributed by atoms with van der Waals surface area (Å²) in [4.78, 5) is 20.5. The maximum atomic E-state index is 11.9. The molecule has 3 aromatic rings. The molecule has 0 saturated heterocycles. The molecule has 0 saturated carbocycles. The van der Waals surface area contributed by atoms with Crippen LogP contribution in [-0.4, -0.2) is 21.6 Å². The van der Waals surface area contributed by atoms with Crippen LogP contribution in [0.4, 0.5) is 5.69 Å². The lowest BCUT2D eigenvalue weighted by atomic mass is 10.2. The van der Waals surface area contributed by atoms with Crippen LogP contribution < -0.4 is 5.32 Å². The quantitative estimate of drug-likeness (QED) is 0.676. The summed E-state index contributed by atoms with van der Waals surface area (Å²) in [5.74, 6) is 1.03. The van der Waals surface area contributed by atoms with Crippen molar-refractivity contribution in [3.63, 3.8) is 0 Å². The molecule has 0 fully saturated rings. The molecule has 0 aliphatic rings. The lowest BCUT2D eigenvalue weighted by molar-refractivity contribution is -0.113. The van der Waals surface area contributed by atoms with Gasteiger partial charge in [-0.3, -0.25) is 9.78 Å². The van der Waals surface area contributed by atoms with Crippen molar-refractivity contribution in [2.45, 2.75) is 5.75 Å². The molecule has 0 atom stereocenters. The highest BCUT2D eigenvalue weighted by Gasteiger charge is 2.07. The van der Waals surface area contributed by atoms with Gasteiger partial charge in [-0.25, -0.2) is 4.98 Å². The Morgan fingerprint density at radius 2 is 2.08 bits per heavy atom. The summed E-state index contributed by atoms with van der Waals surface area (Å²) in [6, 6.07) is 11.0. The fraction of sp³-hybridized carbons (Fsp3) is 0.118. The molecule has 0 aliphatic carbocycles. The SMILES string of the molecule is O=C(CSCc1nc(-c2ccncc2)cs1)Nc1cccc(Cl)c1. The van der Waals surface area contributed by atoms with Crippen LogP contribution in [0.15, 0.2) is 54.2 Å². The Kier molecular flexibility index (Phi) is 5.85. The van der Waals surface area contributed by atoms with Gasteiger partial charge in [0.1, 0.15) is 5.01 Å². The van der Waals surface area contributed by atoms with Gasteiger partial charge in [-0.05, 0) is 30.3 Å². The number of aromatic nitrogens is 2. The number of amides is 1. The summed E-state index contributed by atoms with van der Waals surface area (Å²) in [5, 5.41) is 6.46. The summed E-state index contributed by atoms with van der Waals surface area (Å²) in [6.45, 7) is 0. The van der Waals surface area contributed by atoms with Crippen molar-refractivity contribution in [2.24, 2.45) is 0 Å². The van der Waals surface area contributed by atoms with Crippen molar-refractivity contribution in [3.05, 3.63) is 64.2 Å².